The number of benzene rings is 1. The van der Waals surface area contributed by atoms with Gasteiger partial charge in [0.2, 0.25) is 0 Å². The highest BCUT2D eigenvalue weighted by atomic mass is 32.1. The van der Waals surface area contributed by atoms with Gasteiger partial charge in [-0.15, -0.1) is 11.3 Å². The van der Waals surface area contributed by atoms with Crippen molar-refractivity contribution in [2.24, 2.45) is 5.41 Å². The molecule has 4 rings (SSSR count). The molecule has 1 aromatic heterocycles. The van der Waals surface area contributed by atoms with Gasteiger partial charge in [0.25, 0.3) is 5.91 Å². The van der Waals surface area contributed by atoms with Gasteiger partial charge in [-0.05, 0) is 56.5 Å². The molecular formula is C22H25FN2O2S. The number of hydrogen-bond acceptors (Lipinski definition) is 4. The van der Waals surface area contributed by atoms with Crippen molar-refractivity contribution in [2.45, 2.75) is 32.7 Å². The molecule has 1 spiro atoms. The van der Waals surface area contributed by atoms with E-state index in [0.29, 0.717) is 10.4 Å². The highest BCUT2D eigenvalue weighted by Gasteiger charge is 2.42. The molecule has 0 saturated carbocycles. The van der Waals surface area contributed by atoms with Crippen molar-refractivity contribution in [2.75, 3.05) is 26.2 Å². The van der Waals surface area contributed by atoms with Crippen molar-refractivity contribution in [3.05, 3.63) is 57.5 Å². The van der Waals surface area contributed by atoms with Crippen molar-refractivity contribution in [3.63, 3.8) is 0 Å². The minimum Gasteiger partial charge on any atom is -0.338 e. The Balaban J connectivity index is 1.40. The smallest absolute Gasteiger partial charge is 0.254 e. The van der Waals surface area contributed by atoms with Gasteiger partial charge < -0.3 is 4.90 Å². The van der Waals surface area contributed by atoms with E-state index in [2.05, 4.69) is 4.90 Å². The van der Waals surface area contributed by atoms with Crippen LogP contribution in [0, 0.1) is 11.2 Å². The molecule has 3 heterocycles. The lowest BCUT2D eigenvalue weighted by molar-refractivity contribution is 0.0676. The third-order valence-corrected chi connectivity index (χ3v) is 7.01. The van der Waals surface area contributed by atoms with Gasteiger partial charge in [-0.3, -0.25) is 14.5 Å². The Morgan fingerprint density at radius 2 is 1.93 bits per heavy atom. The van der Waals surface area contributed by atoms with Crippen LogP contribution in [-0.2, 0) is 6.54 Å². The Kier molecular flexibility index (Phi) is 5.34. The number of likely N-dealkylation sites (tertiary alicyclic amines) is 2. The summed E-state index contributed by atoms with van der Waals surface area (Å²) in [5, 5.41) is 1.80. The first-order chi connectivity index (χ1) is 13.4. The van der Waals surface area contributed by atoms with Crippen molar-refractivity contribution in [1.29, 1.82) is 0 Å². The zero-order chi connectivity index (χ0) is 19.7. The van der Waals surface area contributed by atoms with Crippen LogP contribution in [0.5, 0.6) is 0 Å². The van der Waals surface area contributed by atoms with Crippen molar-refractivity contribution in [1.82, 2.24) is 9.80 Å². The average Bonchev–Trinajstić information content (AvgIpc) is 3.31. The molecular weight excluding hydrogens is 375 g/mol. The van der Waals surface area contributed by atoms with Crippen LogP contribution in [0.2, 0.25) is 0 Å². The number of carbonyl (C=O) groups is 2. The van der Waals surface area contributed by atoms with E-state index in [1.807, 2.05) is 17.0 Å². The third-order valence-electron chi connectivity index (χ3n) is 5.98. The monoisotopic (exact) mass is 400 g/mol. The van der Waals surface area contributed by atoms with Crippen LogP contribution in [-0.4, -0.2) is 47.7 Å². The molecule has 0 bridgehead atoms. The molecule has 2 saturated heterocycles. The van der Waals surface area contributed by atoms with Crippen LogP contribution in [0.3, 0.4) is 0 Å². The van der Waals surface area contributed by atoms with Crippen LogP contribution in [0.15, 0.2) is 35.7 Å². The first kappa shape index (κ1) is 19.3. The summed E-state index contributed by atoms with van der Waals surface area (Å²) < 4.78 is 13.1. The van der Waals surface area contributed by atoms with Crippen molar-refractivity contribution < 1.29 is 14.0 Å². The van der Waals surface area contributed by atoms with Gasteiger partial charge in [-0.2, -0.15) is 0 Å². The zero-order valence-electron chi connectivity index (χ0n) is 16.1. The van der Waals surface area contributed by atoms with Gasteiger partial charge in [-0.25, -0.2) is 4.39 Å². The Morgan fingerprint density at radius 1 is 1.14 bits per heavy atom. The maximum Gasteiger partial charge on any atom is 0.254 e. The van der Waals surface area contributed by atoms with E-state index >= 15 is 0 Å². The predicted octanol–water partition coefficient (Wildman–Crippen LogP) is 4.22. The van der Waals surface area contributed by atoms with Gasteiger partial charge in [0.15, 0.2) is 5.78 Å². The Morgan fingerprint density at radius 3 is 2.64 bits per heavy atom. The number of rotatable bonds is 4. The number of Topliss-reactive ketones (excluding diaryl/α,β-unsaturated/α-hetero) is 1. The first-order valence-corrected chi connectivity index (χ1v) is 10.7. The number of ketones is 1. The van der Waals surface area contributed by atoms with E-state index in [1.54, 1.807) is 11.4 Å². The fourth-order valence-electron chi connectivity index (χ4n) is 4.55. The molecule has 148 valence electrons. The molecule has 28 heavy (non-hydrogen) atoms. The van der Waals surface area contributed by atoms with Crippen LogP contribution < -0.4 is 0 Å². The highest BCUT2D eigenvalue weighted by molar-refractivity contribution is 7.12. The van der Waals surface area contributed by atoms with E-state index in [0.717, 1.165) is 57.5 Å². The average molecular weight is 401 g/mol. The maximum atomic E-state index is 13.1. The highest BCUT2D eigenvalue weighted by Crippen LogP contribution is 2.40. The van der Waals surface area contributed by atoms with Crippen molar-refractivity contribution >= 4 is 23.0 Å². The van der Waals surface area contributed by atoms with Crippen LogP contribution in [0.25, 0.3) is 0 Å². The van der Waals surface area contributed by atoms with E-state index < -0.39 is 0 Å². The molecule has 0 unspecified atom stereocenters. The second kappa shape index (κ2) is 7.76. The summed E-state index contributed by atoms with van der Waals surface area (Å²) in [7, 11) is 0. The molecule has 6 heteroatoms. The summed E-state index contributed by atoms with van der Waals surface area (Å²) in [6.45, 7) is 5.91. The molecule has 4 nitrogen and oxygen atoms in total. The van der Waals surface area contributed by atoms with Gasteiger partial charge in [-0.1, -0.05) is 12.1 Å². The summed E-state index contributed by atoms with van der Waals surface area (Å²) in [5.41, 5.74) is 1.90. The SMILES string of the molecule is CC(=O)c1cc(C(=O)N2CC[C@]3(CCCN(Cc4ccc(F)cc4)C3)C2)cs1. The topological polar surface area (TPSA) is 40.6 Å². The van der Waals surface area contributed by atoms with E-state index in [9.17, 15) is 14.0 Å². The van der Waals surface area contributed by atoms with Gasteiger partial charge in [0.05, 0.1) is 10.4 Å². The van der Waals surface area contributed by atoms with Crippen LogP contribution in [0.4, 0.5) is 4.39 Å². The lowest BCUT2D eigenvalue weighted by Crippen LogP contribution is -2.45. The standard InChI is InChI=1S/C22H25FN2O2S/c1-16(26)20-11-18(13-28-20)21(27)25-10-8-22(15-25)7-2-9-24(14-22)12-17-3-5-19(23)6-4-17/h3-6,11,13H,2,7-10,12,14-15H2,1H3/t22-/m0/s1. The summed E-state index contributed by atoms with van der Waals surface area (Å²) in [6.07, 6.45) is 3.28. The predicted molar refractivity (Wildman–Crippen MR) is 108 cm³/mol. The fourth-order valence-corrected chi connectivity index (χ4v) is 5.33. The van der Waals surface area contributed by atoms with Gasteiger partial charge in [0.1, 0.15) is 5.82 Å². The van der Waals surface area contributed by atoms with Crippen LogP contribution >= 0.6 is 11.3 Å². The van der Waals surface area contributed by atoms with Crippen LogP contribution in [0.1, 0.15) is 51.8 Å². The molecule has 2 aliphatic rings. The Labute approximate surface area is 169 Å². The minimum atomic E-state index is -0.204. The Bertz CT molecular complexity index is 879. The molecule has 0 radical (unpaired) electrons. The van der Waals surface area contributed by atoms with E-state index in [1.165, 1.54) is 30.4 Å². The van der Waals surface area contributed by atoms with E-state index in [4.69, 9.17) is 0 Å². The molecule has 1 amide bonds. The fraction of sp³-hybridized carbons (Fsp3) is 0.455. The second-order valence-corrected chi connectivity index (χ2v) is 9.08. The lowest BCUT2D eigenvalue weighted by Gasteiger charge is -2.40. The molecule has 2 aromatic rings. The number of carbonyl (C=O) groups excluding carboxylic acids is 2. The molecule has 1 atom stereocenters. The van der Waals surface area contributed by atoms with Crippen molar-refractivity contribution in [3.8, 4) is 0 Å². The number of amides is 1. The number of halogens is 1. The molecule has 2 aliphatic heterocycles. The number of hydrogen-bond donors (Lipinski definition) is 0. The quantitative estimate of drug-likeness (QED) is 0.722. The summed E-state index contributed by atoms with van der Waals surface area (Å²) in [6, 6.07) is 8.46. The summed E-state index contributed by atoms with van der Waals surface area (Å²) in [4.78, 5) is 29.4. The zero-order valence-corrected chi connectivity index (χ0v) is 16.9. The minimum absolute atomic E-state index is 0.00524. The first-order valence-electron chi connectivity index (χ1n) is 9.80. The lowest BCUT2D eigenvalue weighted by atomic mass is 9.79. The second-order valence-electron chi connectivity index (χ2n) is 8.17. The summed E-state index contributed by atoms with van der Waals surface area (Å²) in [5.74, 6) is -0.160. The normalized spacial score (nSPS) is 22.7. The summed E-state index contributed by atoms with van der Waals surface area (Å²) >= 11 is 1.34. The van der Waals surface area contributed by atoms with E-state index in [-0.39, 0.29) is 22.9 Å². The molecule has 1 aromatic carbocycles. The molecule has 2 fully saturated rings. The third kappa shape index (κ3) is 4.03. The number of thiophene rings is 1. The van der Waals surface area contributed by atoms with Gasteiger partial charge in [0, 0.05) is 37.0 Å². The molecule has 0 N–H and O–H groups in total. The molecule has 0 aliphatic carbocycles. The number of piperidine rings is 1. The number of nitrogens with zero attached hydrogens (tertiary/aromatic N) is 2. The van der Waals surface area contributed by atoms with Gasteiger partial charge >= 0.3 is 0 Å². The maximum absolute atomic E-state index is 13.1. The largest absolute Gasteiger partial charge is 0.338 e. The Hall–Kier alpha value is -2.05.